The number of halogens is 3. The van der Waals surface area contributed by atoms with E-state index in [1.54, 1.807) is 25.7 Å². The molecule has 3 aromatic rings. The smallest absolute Gasteiger partial charge is 0.421 e. The lowest BCUT2D eigenvalue weighted by Crippen LogP contribution is -2.39. The first-order valence-corrected chi connectivity index (χ1v) is 11.6. The SMILES string of the molecule is COc1cc2ncc(-c3cncc(NC4CCN(C(=O)OC(C)(C)C)C4)n3)n2cc1C(C)(O)C(F)(F)F. The number of hydrogen-bond donors (Lipinski definition) is 2. The van der Waals surface area contributed by atoms with E-state index in [0.717, 1.165) is 6.20 Å². The number of aliphatic hydroxyl groups is 1. The molecule has 1 amide bonds. The van der Waals surface area contributed by atoms with Crippen LogP contribution in [0.4, 0.5) is 23.8 Å². The maximum Gasteiger partial charge on any atom is 0.421 e. The molecule has 0 saturated carbocycles. The number of methoxy groups -OCH3 is 1. The topological polar surface area (TPSA) is 114 Å². The van der Waals surface area contributed by atoms with Crippen LogP contribution in [0.2, 0.25) is 0 Å². The van der Waals surface area contributed by atoms with Crippen LogP contribution in [0.5, 0.6) is 5.75 Å². The van der Waals surface area contributed by atoms with Crippen molar-refractivity contribution >= 4 is 17.6 Å². The Hall–Kier alpha value is -3.61. The van der Waals surface area contributed by atoms with E-state index in [2.05, 4.69) is 20.3 Å². The zero-order valence-electron chi connectivity index (χ0n) is 21.1. The van der Waals surface area contributed by atoms with Crippen LogP contribution in [0, 0.1) is 0 Å². The molecular formula is C24H29F3N6O4. The number of anilines is 1. The van der Waals surface area contributed by atoms with Gasteiger partial charge in [0.1, 0.15) is 28.5 Å². The Bertz CT molecular complexity index is 1300. The van der Waals surface area contributed by atoms with Gasteiger partial charge in [0.2, 0.25) is 0 Å². The van der Waals surface area contributed by atoms with Gasteiger partial charge in [-0.1, -0.05) is 0 Å². The van der Waals surface area contributed by atoms with Gasteiger partial charge in [-0.05, 0) is 34.1 Å². The monoisotopic (exact) mass is 522 g/mol. The molecule has 0 bridgehead atoms. The molecule has 1 aliphatic heterocycles. The number of nitrogens with one attached hydrogen (secondary N) is 1. The van der Waals surface area contributed by atoms with Gasteiger partial charge >= 0.3 is 12.3 Å². The summed E-state index contributed by atoms with van der Waals surface area (Å²) >= 11 is 0. The van der Waals surface area contributed by atoms with Gasteiger partial charge in [-0.15, -0.1) is 0 Å². The lowest BCUT2D eigenvalue weighted by atomic mass is 9.96. The molecule has 0 spiro atoms. The molecule has 1 saturated heterocycles. The van der Waals surface area contributed by atoms with Crippen LogP contribution in [0.15, 0.2) is 30.9 Å². The van der Waals surface area contributed by atoms with E-state index in [1.807, 2.05) is 0 Å². The van der Waals surface area contributed by atoms with Crippen LogP contribution in [0.25, 0.3) is 17.0 Å². The molecule has 37 heavy (non-hydrogen) atoms. The molecule has 0 aromatic carbocycles. The fraction of sp³-hybridized carbons (Fsp3) is 0.500. The van der Waals surface area contributed by atoms with Gasteiger partial charge in [0.15, 0.2) is 5.60 Å². The fourth-order valence-corrected chi connectivity index (χ4v) is 4.02. The number of hydrogen-bond acceptors (Lipinski definition) is 8. The van der Waals surface area contributed by atoms with Crippen molar-refractivity contribution in [1.29, 1.82) is 0 Å². The number of carbonyl (C=O) groups excluding carboxylic acids is 1. The molecule has 200 valence electrons. The number of amides is 1. The molecule has 2 atom stereocenters. The zero-order chi connectivity index (χ0) is 27.2. The van der Waals surface area contributed by atoms with E-state index in [0.29, 0.717) is 49.3 Å². The molecule has 2 unspecified atom stereocenters. The summed E-state index contributed by atoms with van der Waals surface area (Å²) in [6.45, 7) is 7.03. The largest absolute Gasteiger partial charge is 0.496 e. The summed E-state index contributed by atoms with van der Waals surface area (Å²) in [7, 11) is 1.22. The van der Waals surface area contributed by atoms with Crippen LogP contribution >= 0.6 is 0 Å². The maximum absolute atomic E-state index is 13.6. The summed E-state index contributed by atoms with van der Waals surface area (Å²) < 4.78 is 52.7. The number of ether oxygens (including phenoxy) is 2. The van der Waals surface area contributed by atoms with Crippen molar-refractivity contribution in [3.8, 4) is 17.1 Å². The van der Waals surface area contributed by atoms with E-state index in [4.69, 9.17) is 9.47 Å². The second-order valence-corrected chi connectivity index (χ2v) is 10.0. The second-order valence-electron chi connectivity index (χ2n) is 10.0. The molecule has 0 aliphatic carbocycles. The second kappa shape index (κ2) is 9.36. The van der Waals surface area contributed by atoms with Gasteiger partial charge in [0, 0.05) is 31.4 Å². The van der Waals surface area contributed by atoms with Gasteiger partial charge in [-0.2, -0.15) is 13.2 Å². The van der Waals surface area contributed by atoms with Crippen LogP contribution in [-0.2, 0) is 10.3 Å². The summed E-state index contributed by atoms with van der Waals surface area (Å²) in [5.41, 5.74) is -3.20. The summed E-state index contributed by atoms with van der Waals surface area (Å²) in [5.74, 6) is 0.281. The van der Waals surface area contributed by atoms with Gasteiger partial charge in [0.25, 0.3) is 0 Å². The van der Waals surface area contributed by atoms with Gasteiger partial charge < -0.3 is 24.8 Å². The fourth-order valence-electron chi connectivity index (χ4n) is 4.02. The van der Waals surface area contributed by atoms with E-state index in [9.17, 15) is 23.1 Å². The van der Waals surface area contributed by atoms with Crippen molar-refractivity contribution < 1.29 is 32.5 Å². The molecule has 1 fully saturated rings. The average Bonchev–Trinajstić information content (AvgIpc) is 3.43. The van der Waals surface area contributed by atoms with Gasteiger partial charge in [-0.25, -0.2) is 14.8 Å². The first-order chi connectivity index (χ1) is 17.2. The highest BCUT2D eigenvalue weighted by molar-refractivity contribution is 5.69. The van der Waals surface area contributed by atoms with Crippen molar-refractivity contribution in [3.63, 3.8) is 0 Å². The summed E-state index contributed by atoms with van der Waals surface area (Å²) in [6.07, 6.45) is 0.927. The van der Waals surface area contributed by atoms with Crippen molar-refractivity contribution in [2.45, 2.75) is 57.5 Å². The third-order valence-corrected chi connectivity index (χ3v) is 5.99. The molecule has 4 rings (SSSR count). The molecule has 2 N–H and O–H groups in total. The minimum absolute atomic E-state index is 0.0861. The number of pyridine rings is 1. The van der Waals surface area contributed by atoms with E-state index < -0.39 is 22.9 Å². The van der Waals surface area contributed by atoms with Gasteiger partial charge in [0.05, 0.1) is 37.0 Å². The summed E-state index contributed by atoms with van der Waals surface area (Å²) in [6, 6.07) is 1.23. The highest BCUT2D eigenvalue weighted by Gasteiger charge is 2.53. The van der Waals surface area contributed by atoms with E-state index in [1.165, 1.54) is 36.2 Å². The quantitative estimate of drug-likeness (QED) is 0.517. The highest BCUT2D eigenvalue weighted by Crippen LogP contribution is 2.43. The van der Waals surface area contributed by atoms with Crippen LogP contribution < -0.4 is 10.1 Å². The minimum Gasteiger partial charge on any atom is -0.496 e. The number of imidazole rings is 1. The normalized spacial score (nSPS) is 18.1. The number of rotatable bonds is 5. The number of aromatic nitrogens is 4. The summed E-state index contributed by atoms with van der Waals surface area (Å²) in [5, 5.41) is 13.6. The number of alkyl halides is 3. The first-order valence-electron chi connectivity index (χ1n) is 11.6. The Labute approximate surface area is 211 Å². The standard InChI is InChI=1S/C24H29F3N6O4/c1-22(2,3)37-21(34)32-7-6-14(12-32)30-19-11-28-9-16(31-19)17-10-29-20-8-18(36-5)15(13-33(17)20)23(4,35)24(25,26)27/h8-11,13-14,35H,6-7,12H2,1-5H3,(H,30,31). The highest BCUT2D eigenvalue weighted by atomic mass is 19.4. The van der Waals surface area contributed by atoms with Crippen molar-refractivity contribution in [2.75, 3.05) is 25.5 Å². The van der Waals surface area contributed by atoms with Crippen LogP contribution in [0.1, 0.15) is 39.7 Å². The minimum atomic E-state index is -4.94. The van der Waals surface area contributed by atoms with Crippen LogP contribution in [-0.4, -0.2) is 73.5 Å². The predicted octanol–water partition coefficient (Wildman–Crippen LogP) is 3.99. The van der Waals surface area contributed by atoms with Crippen molar-refractivity contribution in [3.05, 3.63) is 36.4 Å². The Morgan fingerprint density at radius 1 is 1.19 bits per heavy atom. The van der Waals surface area contributed by atoms with Crippen molar-refractivity contribution in [1.82, 2.24) is 24.3 Å². The molecule has 10 nitrogen and oxygen atoms in total. The molecule has 4 heterocycles. The Morgan fingerprint density at radius 2 is 1.92 bits per heavy atom. The predicted molar refractivity (Wildman–Crippen MR) is 128 cm³/mol. The Kier molecular flexibility index (Phi) is 6.69. The molecule has 3 aromatic heterocycles. The lowest BCUT2D eigenvalue weighted by molar-refractivity contribution is -0.259. The lowest BCUT2D eigenvalue weighted by Gasteiger charge is -2.28. The summed E-state index contributed by atoms with van der Waals surface area (Å²) in [4.78, 5) is 27.0. The molecule has 0 radical (unpaired) electrons. The number of carbonyl (C=O) groups is 1. The first kappa shape index (κ1) is 26.5. The number of fused-ring (bicyclic) bond motifs is 1. The van der Waals surface area contributed by atoms with Crippen molar-refractivity contribution in [2.24, 2.45) is 0 Å². The van der Waals surface area contributed by atoms with Crippen LogP contribution in [0.3, 0.4) is 0 Å². The van der Waals surface area contributed by atoms with E-state index >= 15 is 0 Å². The molecule has 13 heteroatoms. The van der Waals surface area contributed by atoms with E-state index in [-0.39, 0.29) is 17.9 Å². The molecule has 1 aliphatic rings. The molecular weight excluding hydrogens is 493 g/mol. The number of nitrogens with zero attached hydrogens (tertiary/aromatic N) is 5. The third-order valence-electron chi connectivity index (χ3n) is 5.99. The Balaban J connectivity index is 1.59. The maximum atomic E-state index is 13.6. The zero-order valence-corrected chi connectivity index (χ0v) is 21.1. The third kappa shape index (κ3) is 5.41. The Morgan fingerprint density at radius 3 is 2.57 bits per heavy atom. The van der Waals surface area contributed by atoms with Gasteiger partial charge in [-0.3, -0.25) is 9.38 Å². The number of likely N-dealkylation sites (tertiary alicyclic amines) is 1. The average molecular weight is 523 g/mol.